The third kappa shape index (κ3) is 3.99. The quantitative estimate of drug-likeness (QED) is 0.481. The third-order valence-electron chi connectivity index (χ3n) is 3.23. The number of anilines is 1. The molecule has 4 nitrogen and oxygen atoms in total. The molecule has 22 heavy (non-hydrogen) atoms. The normalized spacial score (nSPS) is 11.2. The van der Waals surface area contributed by atoms with Gasteiger partial charge in [0.15, 0.2) is 17.5 Å². The maximum absolute atomic E-state index is 13.5. The van der Waals surface area contributed by atoms with Gasteiger partial charge in [0.25, 0.3) is 0 Å². The van der Waals surface area contributed by atoms with Crippen molar-refractivity contribution < 1.29 is 22.8 Å². The van der Waals surface area contributed by atoms with Crippen LogP contribution in [0.25, 0.3) is 0 Å². The van der Waals surface area contributed by atoms with Crippen molar-refractivity contribution in [2.24, 2.45) is 5.41 Å². The van der Waals surface area contributed by atoms with Crippen molar-refractivity contribution in [2.45, 2.75) is 33.6 Å². The molecule has 0 heterocycles. The Balaban J connectivity index is 2.83. The first-order valence-corrected chi connectivity index (χ1v) is 6.95. The first kappa shape index (κ1) is 18.0. The van der Waals surface area contributed by atoms with Crippen LogP contribution in [0.4, 0.5) is 18.9 Å². The van der Waals surface area contributed by atoms with Crippen molar-refractivity contribution in [1.29, 1.82) is 0 Å². The van der Waals surface area contributed by atoms with Gasteiger partial charge < -0.3 is 10.6 Å². The van der Waals surface area contributed by atoms with Gasteiger partial charge in [-0.15, -0.1) is 0 Å². The summed E-state index contributed by atoms with van der Waals surface area (Å²) in [5.74, 6) is -5.88. The molecule has 0 aliphatic carbocycles. The van der Waals surface area contributed by atoms with Gasteiger partial charge in [-0.25, -0.2) is 13.2 Å². The van der Waals surface area contributed by atoms with Crippen LogP contribution < -0.4 is 10.6 Å². The summed E-state index contributed by atoms with van der Waals surface area (Å²) in [5.41, 5.74) is -2.00. The maximum Gasteiger partial charge on any atom is 0.239 e. The molecule has 2 amide bonds. The molecule has 1 rings (SSSR count). The predicted molar refractivity (Wildman–Crippen MR) is 76.6 cm³/mol. The molecule has 0 atom stereocenters. The predicted octanol–water partition coefficient (Wildman–Crippen LogP) is 2.98. The van der Waals surface area contributed by atoms with Crippen LogP contribution in [0, 0.1) is 22.9 Å². The van der Waals surface area contributed by atoms with Crippen LogP contribution in [-0.4, -0.2) is 18.4 Å². The van der Waals surface area contributed by atoms with Crippen LogP contribution in [-0.2, 0) is 9.59 Å². The largest absolute Gasteiger partial charge is 0.355 e. The van der Waals surface area contributed by atoms with E-state index in [9.17, 15) is 22.8 Å². The first-order valence-electron chi connectivity index (χ1n) is 6.95. The molecule has 0 fully saturated rings. The molecule has 0 spiro atoms. The average Bonchev–Trinajstić information content (AvgIpc) is 2.47. The van der Waals surface area contributed by atoms with E-state index in [0.29, 0.717) is 12.6 Å². The van der Waals surface area contributed by atoms with Gasteiger partial charge in [0.2, 0.25) is 11.8 Å². The molecular weight excluding hydrogens is 297 g/mol. The second-order valence-corrected chi connectivity index (χ2v) is 5.41. The van der Waals surface area contributed by atoms with Crippen molar-refractivity contribution in [3.63, 3.8) is 0 Å². The molecule has 0 saturated heterocycles. The number of halogens is 3. The minimum atomic E-state index is -1.68. The van der Waals surface area contributed by atoms with Crippen molar-refractivity contribution in [3.05, 3.63) is 29.6 Å². The fraction of sp³-hybridized carbons (Fsp3) is 0.467. The molecule has 122 valence electrons. The highest BCUT2D eigenvalue weighted by Crippen LogP contribution is 2.23. The fourth-order valence-electron chi connectivity index (χ4n) is 1.60. The van der Waals surface area contributed by atoms with Gasteiger partial charge in [-0.05, 0) is 32.4 Å². The molecule has 1 aromatic carbocycles. The molecule has 0 aliphatic rings. The summed E-state index contributed by atoms with van der Waals surface area (Å²) in [6.45, 7) is 5.10. The van der Waals surface area contributed by atoms with Gasteiger partial charge in [-0.3, -0.25) is 9.59 Å². The van der Waals surface area contributed by atoms with Crippen LogP contribution in [0.3, 0.4) is 0 Å². The van der Waals surface area contributed by atoms with Gasteiger partial charge in [-0.2, -0.15) is 0 Å². The van der Waals surface area contributed by atoms with Gasteiger partial charge in [-0.1, -0.05) is 13.3 Å². The Bertz CT molecular complexity index is 574. The zero-order chi connectivity index (χ0) is 16.9. The molecule has 0 saturated carbocycles. The van der Waals surface area contributed by atoms with Gasteiger partial charge >= 0.3 is 0 Å². The van der Waals surface area contributed by atoms with E-state index in [1.807, 2.05) is 6.92 Å². The van der Waals surface area contributed by atoms with Crippen molar-refractivity contribution >= 4 is 17.5 Å². The lowest BCUT2D eigenvalue weighted by Gasteiger charge is -2.23. The topological polar surface area (TPSA) is 58.2 Å². The fourth-order valence-corrected chi connectivity index (χ4v) is 1.60. The number of carbonyl (C=O) groups is 2. The molecule has 0 aromatic heterocycles. The lowest BCUT2D eigenvalue weighted by molar-refractivity contribution is -0.138. The molecular formula is C15H19F3N2O2. The highest BCUT2D eigenvalue weighted by atomic mass is 19.2. The average molecular weight is 316 g/mol. The molecule has 1 aromatic rings. The van der Waals surface area contributed by atoms with Crippen molar-refractivity contribution in [2.75, 3.05) is 11.9 Å². The Morgan fingerprint density at radius 1 is 1.09 bits per heavy atom. The lowest BCUT2D eigenvalue weighted by Crippen LogP contribution is -2.45. The maximum atomic E-state index is 13.5. The second-order valence-electron chi connectivity index (χ2n) is 5.41. The number of nitrogens with one attached hydrogen (secondary N) is 2. The van der Waals surface area contributed by atoms with E-state index in [2.05, 4.69) is 10.6 Å². The zero-order valence-corrected chi connectivity index (χ0v) is 12.7. The molecule has 0 radical (unpaired) electrons. The number of carbonyl (C=O) groups excluding carboxylic acids is 2. The van der Waals surface area contributed by atoms with E-state index >= 15 is 0 Å². The first-order chi connectivity index (χ1) is 10.2. The lowest BCUT2D eigenvalue weighted by atomic mass is 9.91. The minimum Gasteiger partial charge on any atom is -0.355 e. The van der Waals surface area contributed by atoms with Crippen molar-refractivity contribution in [3.8, 4) is 0 Å². The van der Waals surface area contributed by atoms with Gasteiger partial charge in [0.1, 0.15) is 5.41 Å². The van der Waals surface area contributed by atoms with Crippen molar-refractivity contribution in [1.82, 2.24) is 5.32 Å². The Hall–Kier alpha value is -2.05. The van der Waals surface area contributed by atoms with E-state index in [4.69, 9.17) is 0 Å². The second kappa shape index (κ2) is 7.29. The number of benzene rings is 1. The summed E-state index contributed by atoms with van der Waals surface area (Å²) < 4.78 is 39.5. The summed E-state index contributed by atoms with van der Waals surface area (Å²) >= 11 is 0. The van der Waals surface area contributed by atoms with Gasteiger partial charge in [0, 0.05) is 6.54 Å². The molecule has 2 N–H and O–H groups in total. The van der Waals surface area contributed by atoms with E-state index < -0.39 is 40.4 Å². The van der Waals surface area contributed by atoms with E-state index in [1.54, 1.807) is 0 Å². The van der Waals surface area contributed by atoms with Crippen LogP contribution in [0.1, 0.15) is 33.6 Å². The monoisotopic (exact) mass is 316 g/mol. The Kier molecular flexibility index (Phi) is 5.96. The van der Waals surface area contributed by atoms with E-state index in [-0.39, 0.29) is 0 Å². The van der Waals surface area contributed by atoms with E-state index in [0.717, 1.165) is 18.9 Å². The van der Waals surface area contributed by atoms with Crippen LogP contribution in [0.5, 0.6) is 0 Å². The highest BCUT2D eigenvalue weighted by molar-refractivity contribution is 6.09. The Morgan fingerprint density at radius 3 is 2.32 bits per heavy atom. The van der Waals surface area contributed by atoms with Gasteiger partial charge in [0.05, 0.1) is 5.69 Å². The Morgan fingerprint density at radius 2 is 1.73 bits per heavy atom. The summed E-state index contributed by atoms with van der Waals surface area (Å²) in [6, 6.07) is 1.60. The summed E-state index contributed by atoms with van der Waals surface area (Å²) in [6.07, 6.45) is 1.65. The Labute approximate surface area is 127 Å². The van der Waals surface area contributed by atoms with Crippen LogP contribution >= 0.6 is 0 Å². The standard InChI is InChI=1S/C15H19F3N2O2/c1-4-5-8-19-13(21)15(2,3)14(22)20-10-7-6-9(16)11(17)12(10)18/h6-7H,4-5,8H2,1-3H3,(H,19,21)(H,20,22). The van der Waals surface area contributed by atoms with Crippen LogP contribution in [0.2, 0.25) is 0 Å². The summed E-state index contributed by atoms with van der Waals surface area (Å²) in [5, 5.41) is 4.71. The molecule has 0 unspecified atom stereocenters. The summed E-state index contributed by atoms with van der Waals surface area (Å²) in [4.78, 5) is 24.1. The molecule has 7 heteroatoms. The number of rotatable bonds is 6. The number of unbranched alkanes of at least 4 members (excludes halogenated alkanes) is 1. The highest BCUT2D eigenvalue weighted by Gasteiger charge is 2.36. The smallest absolute Gasteiger partial charge is 0.239 e. The molecule has 0 bridgehead atoms. The minimum absolute atomic E-state index is 0.422. The summed E-state index contributed by atoms with van der Waals surface area (Å²) in [7, 11) is 0. The number of amides is 2. The van der Waals surface area contributed by atoms with Crippen LogP contribution in [0.15, 0.2) is 12.1 Å². The van der Waals surface area contributed by atoms with E-state index in [1.165, 1.54) is 13.8 Å². The zero-order valence-electron chi connectivity index (χ0n) is 12.7. The number of hydrogen-bond acceptors (Lipinski definition) is 2. The SMILES string of the molecule is CCCCNC(=O)C(C)(C)C(=O)Nc1ccc(F)c(F)c1F. The molecule has 0 aliphatic heterocycles. The number of hydrogen-bond donors (Lipinski definition) is 2. The third-order valence-corrected chi connectivity index (χ3v) is 3.23.